The monoisotopic (exact) mass is 386 g/mol. The highest BCUT2D eigenvalue weighted by Gasteiger charge is 2.33. The SMILES string of the molecule is COc1ccc(NC(=O)C2=C(C)Nc3ncnn3[C@@H]2c2ccc(C#N)cc2)cc1. The van der Waals surface area contributed by atoms with Crippen molar-refractivity contribution in [3.05, 3.63) is 77.3 Å². The molecule has 1 aromatic heterocycles. The second-order valence-electron chi connectivity index (χ2n) is 6.51. The van der Waals surface area contributed by atoms with E-state index in [1.807, 2.05) is 19.1 Å². The minimum atomic E-state index is -0.472. The van der Waals surface area contributed by atoms with E-state index in [0.29, 0.717) is 34.2 Å². The Balaban J connectivity index is 1.71. The molecule has 2 heterocycles. The molecule has 0 bridgehead atoms. The number of carbonyl (C=O) groups is 1. The van der Waals surface area contributed by atoms with Crippen LogP contribution in [0.4, 0.5) is 11.6 Å². The van der Waals surface area contributed by atoms with E-state index in [0.717, 1.165) is 5.56 Å². The highest BCUT2D eigenvalue weighted by atomic mass is 16.5. The number of fused-ring (bicyclic) bond motifs is 1. The zero-order valence-corrected chi connectivity index (χ0v) is 15.9. The van der Waals surface area contributed by atoms with Crippen LogP contribution in [-0.2, 0) is 4.79 Å². The van der Waals surface area contributed by atoms with Gasteiger partial charge in [0, 0.05) is 11.4 Å². The van der Waals surface area contributed by atoms with E-state index in [4.69, 9.17) is 10.00 Å². The summed E-state index contributed by atoms with van der Waals surface area (Å²) in [5.41, 5.74) is 3.23. The van der Waals surface area contributed by atoms with Gasteiger partial charge in [-0.25, -0.2) is 4.68 Å². The number of carbonyl (C=O) groups excluding carboxylic acids is 1. The topological polar surface area (TPSA) is 105 Å². The lowest BCUT2D eigenvalue weighted by molar-refractivity contribution is -0.113. The van der Waals surface area contributed by atoms with E-state index in [9.17, 15) is 4.79 Å². The summed E-state index contributed by atoms with van der Waals surface area (Å²) in [4.78, 5) is 17.4. The molecule has 0 spiro atoms. The summed E-state index contributed by atoms with van der Waals surface area (Å²) in [5.74, 6) is 1.01. The average Bonchev–Trinajstić information content (AvgIpc) is 3.21. The van der Waals surface area contributed by atoms with Gasteiger partial charge in [0.25, 0.3) is 5.91 Å². The zero-order chi connectivity index (χ0) is 20.4. The minimum absolute atomic E-state index is 0.254. The van der Waals surface area contributed by atoms with E-state index in [-0.39, 0.29) is 5.91 Å². The molecule has 2 N–H and O–H groups in total. The van der Waals surface area contributed by atoms with Crippen molar-refractivity contribution in [3.63, 3.8) is 0 Å². The number of amides is 1. The maximum absolute atomic E-state index is 13.2. The highest BCUT2D eigenvalue weighted by molar-refractivity contribution is 6.06. The van der Waals surface area contributed by atoms with Crippen molar-refractivity contribution in [1.82, 2.24) is 14.8 Å². The van der Waals surface area contributed by atoms with Crippen LogP contribution in [0, 0.1) is 11.3 Å². The summed E-state index contributed by atoms with van der Waals surface area (Å²) < 4.78 is 6.82. The first kappa shape index (κ1) is 18.3. The van der Waals surface area contributed by atoms with E-state index < -0.39 is 6.04 Å². The molecule has 1 amide bonds. The molecule has 8 heteroatoms. The summed E-state index contributed by atoms with van der Waals surface area (Å²) in [5, 5.41) is 19.4. The predicted octanol–water partition coefficient (Wildman–Crippen LogP) is 3.09. The lowest BCUT2D eigenvalue weighted by atomic mass is 9.94. The molecular weight excluding hydrogens is 368 g/mol. The van der Waals surface area contributed by atoms with Gasteiger partial charge in [-0.15, -0.1) is 0 Å². The van der Waals surface area contributed by atoms with Gasteiger partial charge >= 0.3 is 0 Å². The van der Waals surface area contributed by atoms with E-state index in [2.05, 4.69) is 26.8 Å². The molecular formula is C21H18N6O2. The van der Waals surface area contributed by atoms with Crippen LogP contribution in [0.15, 0.2) is 66.1 Å². The van der Waals surface area contributed by atoms with Gasteiger partial charge in [0.2, 0.25) is 5.95 Å². The fraction of sp³-hybridized carbons (Fsp3) is 0.143. The number of rotatable bonds is 4. The zero-order valence-electron chi connectivity index (χ0n) is 15.9. The first-order chi connectivity index (χ1) is 14.1. The number of hydrogen-bond donors (Lipinski definition) is 2. The molecule has 1 aliphatic rings. The summed E-state index contributed by atoms with van der Waals surface area (Å²) >= 11 is 0. The maximum Gasteiger partial charge on any atom is 0.255 e. The molecule has 2 aromatic carbocycles. The van der Waals surface area contributed by atoms with Crippen molar-refractivity contribution in [2.75, 3.05) is 17.7 Å². The summed E-state index contributed by atoms with van der Waals surface area (Å²) in [6.45, 7) is 1.83. The third kappa shape index (κ3) is 3.41. The third-order valence-electron chi connectivity index (χ3n) is 4.74. The number of hydrogen-bond acceptors (Lipinski definition) is 6. The molecule has 4 rings (SSSR count). The maximum atomic E-state index is 13.2. The molecule has 1 atom stereocenters. The number of nitrogens with zero attached hydrogens (tertiary/aromatic N) is 4. The Morgan fingerprint density at radius 3 is 2.59 bits per heavy atom. The van der Waals surface area contributed by atoms with Gasteiger partial charge in [0.1, 0.15) is 18.1 Å². The third-order valence-corrected chi connectivity index (χ3v) is 4.74. The number of aromatic nitrogens is 3. The number of benzene rings is 2. The van der Waals surface area contributed by atoms with Crippen LogP contribution in [0.25, 0.3) is 0 Å². The number of allylic oxidation sites excluding steroid dienone is 1. The van der Waals surface area contributed by atoms with E-state index in [1.165, 1.54) is 6.33 Å². The molecule has 0 aliphatic carbocycles. The van der Waals surface area contributed by atoms with Crippen molar-refractivity contribution < 1.29 is 9.53 Å². The summed E-state index contributed by atoms with van der Waals surface area (Å²) in [7, 11) is 1.59. The fourth-order valence-corrected chi connectivity index (χ4v) is 3.31. The van der Waals surface area contributed by atoms with Crippen LogP contribution in [0.1, 0.15) is 24.1 Å². The Kier molecular flexibility index (Phi) is 4.71. The van der Waals surface area contributed by atoms with Crippen LogP contribution >= 0.6 is 0 Å². The van der Waals surface area contributed by atoms with Crippen molar-refractivity contribution in [3.8, 4) is 11.8 Å². The van der Waals surface area contributed by atoms with Gasteiger partial charge in [-0.2, -0.15) is 15.3 Å². The second-order valence-corrected chi connectivity index (χ2v) is 6.51. The van der Waals surface area contributed by atoms with E-state index in [1.54, 1.807) is 48.2 Å². The molecule has 0 saturated heterocycles. The molecule has 0 saturated carbocycles. The van der Waals surface area contributed by atoms with Gasteiger partial charge in [0.05, 0.1) is 24.3 Å². The normalized spacial score (nSPS) is 15.1. The Labute approximate surface area is 167 Å². The Hall–Kier alpha value is -4.12. The molecule has 29 heavy (non-hydrogen) atoms. The van der Waals surface area contributed by atoms with Crippen molar-refractivity contribution >= 4 is 17.5 Å². The average molecular weight is 386 g/mol. The smallest absolute Gasteiger partial charge is 0.255 e. The van der Waals surface area contributed by atoms with Crippen molar-refractivity contribution in [2.45, 2.75) is 13.0 Å². The van der Waals surface area contributed by atoms with Gasteiger partial charge in [-0.3, -0.25) is 4.79 Å². The minimum Gasteiger partial charge on any atom is -0.497 e. The first-order valence-corrected chi connectivity index (χ1v) is 8.93. The fourth-order valence-electron chi connectivity index (χ4n) is 3.31. The molecule has 3 aromatic rings. The number of anilines is 2. The molecule has 8 nitrogen and oxygen atoms in total. The van der Waals surface area contributed by atoms with Gasteiger partial charge in [0.15, 0.2) is 0 Å². The van der Waals surface area contributed by atoms with Crippen LogP contribution in [0.2, 0.25) is 0 Å². The number of methoxy groups -OCH3 is 1. The Bertz CT molecular complexity index is 1120. The van der Waals surface area contributed by atoms with Crippen LogP contribution < -0.4 is 15.4 Å². The van der Waals surface area contributed by atoms with Crippen LogP contribution in [-0.4, -0.2) is 27.8 Å². The summed E-state index contributed by atoms with van der Waals surface area (Å²) in [6.07, 6.45) is 1.44. The molecule has 0 fully saturated rings. The lowest BCUT2D eigenvalue weighted by Crippen LogP contribution is -2.31. The standard InChI is InChI=1S/C21H18N6O2/c1-13-18(20(28)26-16-7-9-17(29-2)10-8-16)19(27-21(25-13)23-12-24-27)15-5-3-14(11-22)4-6-15/h3-10,12,19H,1-2H3,(H,26,28)(H,23,24,25)/t19-/m1/s1. The number of ether oxygens (including phenoxy) is 1. The number of nitriles is 1. The van der Waals surface area contributed by atoms with Crippen LogP contribution in [0.3, 0.4) is 0 Å². The number of nitrogens with one attached hydrogen (secondary N) is 2. The van der Waals surface area contributed by atoms with Crippen molar-refractivity contribution in [1.29, 1.82) is 5.26 Å². The second kappa shape index (κ2) is 7.48. The predicted molar refractivity (Wildman–Crippen MR) is 107 cm³/mol. The molecule has 0 radical (unpaired) electrons. The molecule has 144 valence electrons. The van der Waals surface area contributed by atoms with Crippen LogP contribution in [0.5, 0.6) is 5.75 Å². The first-order valence-electron chi connectivity index (χ1n) is 8.93. The van der Waals surface area contributed by atoms with E-state index >= 15 is 0 Å². The van der Waals surface area contributed by atoms with Crippen molar-refractivity contribution in [2.24, 2.45) is 0 Å². The molecule has 1 aliphatic heterocycles. The lowest BCUT2D eigenvalue weighted by Gasteiger charge is -2.28. The Morgan fingerprint density at radius 2 is 1.93 bits per heavy atom. The largest absolute Gasteiger partial charge is 0.497 e. The summed E-state index contributed by atoms with van der Waals surface area (Å²) in [6, 6.07) is 15.9. The Morgan fingerprint density at radius 1 is 1.21 bits per heavy atom. The van der Waals surface area contributed by atoms with Gasteiger partial charge < -0.3 is 15.4 Å². The quantitative estimate of drug-likeness (QED) is 0.714. The highest BCUT2D eigenvalue weighted by Crippen LogP contribution is 2.35. The van der Waals surface area contributed by atoms with Gasteiger partial charge in [-0.1, -0.05) is 12.1 Å². The van der Waals surface area contributed by atoms with Gasteiger partial charge in [-0.05, 0) is 48.9 Å². The molecule has 0 unspecified atom stereocenters.